The molecule has 0 aliphatic carbocycles. The van der Waals surface area contributed by atoms with Gasteiger partial charge in [-0.25, -0.2) is 13.2 Å². The number of carbonyl (C=O) groups excluding carboxylic acids is 1. The number of hydrogen-bond acceptors (Lipinski definition) is 5. The summed E-state index contributed by atoms with van der Waals surface area (Å²) >= 11 is 0. The predicted molar refractivity (Wildman–Crippen MR) is 117 cm³/mol. The van der Waals surface area contributed by atoms with Crippen molar-refractivity contribution in [3.8, 4) is 0 Å². The third-order valence-corrected chi connectivity index (χ3v) is 7.65. The Labute approximate surface area is 180 Å². The Morgan fingerprint density at radius 2 is 1.94 bits per heavy atom. The molecule has 1 atom stereocenters. The molecule has 1 saturated heterocycles. The smallest absolute Gasteiger partial charge is 0.408 e. The number of carbonyl (C=O) groups is 1. The number of nitrogens with one attached hydrogen (secondary N) is 1. The van der Waals surface area contributed by atoms with Gasteiger partial charge in [-0.2, -0.15) is 4.31 Å². The van der Waals surface area contributed by atoms with E-state index in [-0.39, 0.29) is 22.9 Å². The number of hydrogen-bond donors (Lipinski definition) is 1. The van der Waals surface area contributed by atoms with Crippen LogP contribution in [0.2, 0.25) is 0 Å². The van der Waals surface area contributed by atoms with E-state index >= 15 is 0 Å². The van der Waals surface area contributed by atoms with E-state index in [4.69, 9.17) is 4.42 Å². The Bertz CT molecular complexity index is 1270. The molecular weight excluding hydrogens is 418 g/mol. The number of aromatic nitrogens is 1. The summed E-state index contributed by atoms with van der Waals surface area (Å²) in [6, 6.07) is 12.0. The normalized spacial score (nSPS) is 17.7. The van der Waals surface area contributed by atoms with Gasteiger partial charge < -0.3 is 9.73 Å². The van der Waals surface area contributed by atoms with Crippen LogP contribution in [0.3, 0.4) is 0 Å². The molecule has 1 aliphatic heterocycles. The van der Waals surface area contributed by atoms with Gasteiger partial charge in [-0.3, -0.25) is 9.36 Å². The number of anilines is 1. The maximum atomic E-state index is 13.2. The van der Waals surface area contributed by atoms with Gasteiger partial charge in [-0.1, -0.05) is 19.1 Å². The molecular formula is C22H25N3O5S. The first-order valence-corrected chi connectivity index (χ1v) is 11.7. The van der Waals surface area contributed by atoms with Crippen LogP contribution in [0, 0.1) is 5.92 Å². The lowest BCUT2D eigenvalue weighted by Gasteiger charge is -2.31. The van der Waals surface area contributed by atoms with Gasteiger partial charge in [-0.05, 0) is 49.1 Å². The predicted octanol–water partition coefficient (Wildman–Crippen LogP) is 2.73. The van der Waals surface area contributed by atoms with Crippen molar-refractivity contribution in [1.29, 1.82) is 0 Å². The molecule has 4 rings (SSSR count). The van der Waals surface area contributed by atoms with Crippen LogP contribution in [0.4, 0.5) is 5.69 Å². The van der Waals surface area contributed by atoms with E-state index in [0.717, 1.165) is 6.42 Å². The molecule has 1 aromatic heterocycles. The van der Waals surface area contributed by atoms with Crippen molar-refractivity contribution in [2.75, 3.05) is 18.4 Å². The first kappa shape index (κ1) is 21.3. The number of benzene rings is 2. The standard InChI is InChI=1S/C22H25N3O5S/c1-3-15-6-8-17(9-7-15)23-21(26)16-5-4-12-25(14-16)31(28,29)18-10-11-19-20(13-18)30-22(27)24(19)2/h6-11,13,16H,3-5,12,14H2,1-2H3,(H,23,26)/t16-/m1/s1. The van der Waals surface area contributed by atoms with Crippen molar-refractivity contribution < 1.29 is 17.6 Å². The number of oxazole rings is 1. The molecule has 9 heteroatoms. The fourth-order valence-corrected chi connectivity index (χ4v) is 5.41. The molecule has 0 radical (unpaired) electrons. The number of amides is 1. The largest absolute Gasteiger partial charge is 0.419 e. The summed E-state index contributed by atoms with van der Waals surface area (Å²) < 4.78 is 34.2. The molecule has 1 amide bonds. The molecule has 3 aromatic rings. The Kier molecular flexibility index (Phi) is 5.72. The first-order chi connectivity index (χ1) is 14.8. The highest BCUT2D eigenvalue weighted by molar-refractivity contribution is 7.89. The number of aryl methyl sites for hydroxylation is 2. The highest BCUT2D eigenvalue weighted by Gasteiger charge is 2.33. The molecule has 31 heavy (non-hydrogen) atoms. The molecule has 1 N–H and O–H groups in total. The van der Waals surface area contributed by atoms with E-state index in [0.29, 0.717) is 30.6 Å². The number of piperidine rings is 1. The van der Waals surface area contributed by atoms with Gasteiger partial charge in [0, 0.05) is 31.9 Å². The van der Waals surface area contributed by atoms with E-state index in [1.165, 1.54) is 26.6 Å². The van der Waals surface area contributed by atoms with Crippen molar-refractivity contribution in [3.63, 3.8) is 0 Å². The zero-order chi connectivity index (χ0) is 22.2. The minimum Gasteiger partial charge on any atom is -0.408 e. The SMILES string of the molecule is CCc1ccc(NC(=O)[C@@H]2CCCN(S(=O)(=O)c3ccc4c(c3)oc(=O)n4C)C2)cc1. The second kappa shape index (κ2) is 8.32. The van der Waals surface area contributed by atoms with Crippen molar-refractivity contribution in [2.45, 2.75) is 31.1 Å². The van der Waals surface area contributed by atoms with E-state index in [9.17, 15) is 18.0 Å². The van der Waals surface area contributed by atoms with Crippen LogP contribution in [-0.4, -0.2) is 36.3 Å². The summed E-state index contributed by atoms with van der Waals surface area (Å²) in [6.07, 6.45) is 2.13. The number of fused-ring (bicyclic) bond motifs is 1. The third kappa shape index (κ3) is 4.15. The molecule has 0 unspecified atom stereocenters. The maximum Gasteiger partial charge on any atom is 0.419 e. The average Bonchev–Trinajstić information content (AvgIpc) is 3.07. The quantitative estimate of drug-likeness (QED) is 0.653. The van der Waals surface area contributed by atoms with Gasteiger partial charge in [0.25, 0.3) is 0 Å². The van der Waals surface area contributed by atoms with E-state index in [2.05, 4.69) is 12.2 Å². The Balaban J connectivity index is 1.51. The minimum absolute atomic E-state index is 0.0468. The number of nitrogens with zero attached hydrogens (tertiary/aromatic N) is 2. The molecule has 0 saturated carbocycles. The van der Waals surface area contributed by atoms with Gasteiger partial charge in [0.1, 0.15) is 0 Å². The van der Waals surface area contributed by atoms with Crippen LogP contribution >= 0.6 is 0 Å². The van der Waals surface area contributed by atoms with Gasteiger partial charge >= 0.3 is 5.76 Å². The molecule has 0 spiro atoms. The lowest BCUT2D eigenvalue weighted by Crippen LogP contribution is -2.43. The Morgan fingerprint density at radius 3 is 2.65 bits per heavy atom. The maximum absolute atomic E-state index is 13.2. The third-order valence-electron chi connectivity index (χ3n) is 5.79. The molecule has 164 valence electrons. The van der Waals surface area contributed by atoms with Gasteiger partial charge in [0.05, 0.1) is 16.3 Å². The van der Waals surface area contributed by atoms with Crippen LogP contribution in [-0.2, 0) is 28.3 Å². The average molecular weight is 444 g/mol. The van der Waals surface area contributed by atoms with Gasteiger partial charge in [-0.15, -0.1) is 0 Å². The van der Waals surface area contributed by atoms with Crippen molar-refractivity contribution in [3.05, 3.63) is 58.6 Å². The summed E-state index contributed by atoms with van der Waals surface area (Å²) in [7, 11) is -2.26. The van der Waals surface area contributed by atoms with E-state index in [1.807, 2.05) is 24.3 Å². The molecule has 2 aromatic carbocycles. The summed E-state index contributed by atoms with van der Waals surface area (Å²) in [4.78, 5) is 24.5. The van der Waals surface area contributed by atoms with Gasteiger partial charge in [0.2, 0.25) is 15.9 Å². The molecule has 1 aliphatic rings. The molecule has 2 heterocycles. The summed E-state index contributed by atoms with van der Waals surface area (Å²) in [6.45, 7) is 2.51. The summed E-state index contributed by atoms with van der Waals surface area (Å²) in [5.41, 5.74) is 2.62. The van der Waals surface area contributed by atoms with E-state index < -0.39 is 21.7 Å². The topological polar surface area (TPSA) is 102 Å². The van der Waals surface area contributed by atoms with Crippen LogP contribution < -0.4 is 11.1 Å². The molecule has 1 fully saturated rings. The summed E-state index contributed by atoms with van der Waals surface area (Å²) in [5.74, 6) is -1.17. The highest BCUT2D eigenvalue weighted by Crippen LogP contribution is 2.26. The zero-order valence-corrected chi connectivity index (χ0v) is 18.3. The van der Waals surface area contributed by atoms with Crippen LogP contribution in [0.1, 0.15) is 25.3 Å². The first-order valence-electron chi connectivity index (χ1n) is 10.3. The fourth-order valence-electron chi connectivity index (χ4n) is 3.87. The highest BCUT2D eigenvalue weighted by atomic mass is 32.2. The van der Waals surface area contributed by atoms with E-state index in [1.54, 1.807) is 13.1 Å². The lowest BCUT2D eigenvalue weighted by molar-refractivity contribution is -0.120. The number of sulfonamides is 1. The van der Waals surface area contributed by atoms with Crippen molar-refractivity contribution in [2.24, 2.45) is 13.0 Å². The number of rotatable bonds is 5. The molecule has 0 bridgehead atoms. The summed E-state index contributed by atoms with van der Waals surface area (Å²) in [5, 5.41) is 2.89. The monoisotopic (exact) mass is 443 g/mol. The fraction of sp³-hybridized carbons (Fsp3) is 0.364. The minimum atomic E-state index is -3.82. The van der Waals surface area contributed by atoms with Crippen molar-refractivity contribution >= 4 is 32.7 Å². The van der Waals surface area contributed by atoms with Crippen molar-refractivity contribution in [1.82, 2.24) is 8.87 Å². The molecule has 8 nitrogen and oxygen atoms in total. The second-order valence-corrected chi connectivity index (χ2v) is 9.74. The van der Waals surface area contributed by atoms with Crippen LogP contribution in [0.5, 0.6) is 0 Å². The Hall–Kier alpha value is -2.91. The lowest BCUT2D eigenvalue weighted by atomic mass is 9.98. The van der Waals surface area contributed by atoms with Crippen LogP contribution in [0.25, 0.3) is 11.1 Å². The Morgan fingerprint density at radius 1 is 1.19 bits per heavy atom. The zero-order valence-electron chi connectivity index (χ0n) is 17.5. The van der Waals surface area contributed by atoms with Gasteiger partial charge in [0.15, 0.2) is 5.58 Å². The van der Waals surface area contributed by atoms with Crippen LogP contribution in [0.15, 0.2) is 56.6 Å². The second-order valence-electron chi connectivity index (χ2n) is 7.80.